The predicted octanol–water partition coefficient (Wildman–Crippen LogP) is 7.88. The van der Waals surface area contributed by atoms with Crippen LogP contribution in [0.25, 0.3) is 0 Å². The standard InChI is InChI=1S/C15H12BrClO3.C13H9Br2ClO.C2H4O2.CH3F.CH4.FH.Na/c1-10(18)19-9-11-8-14(6-7-15(11)16)20-13-4-2-12(17)3-5-13;14-8-9-7-12(5-6-13(9)15)17-11-3-1-10(16)2-4-11;1-2(3)4;1-2;;;/h2-8H,9H2,1H3;1-7H,8H2;1H3,(H,3,4);1H3;1H4;1H;/q;;;;;;+1/p-1/i;;;1D;;;. The van der Waals surface area contributed by atoms with E-state index in [1.54, 1.807) is 36.4 Å². The van der Waals surface area contributed by atoms with E-state index in [-0.39, 0.29) is 54.3 Å². The summed E-state index contributed by atoms with van der Waals surface area (Å²) in [6.07, 6.45) is 0. The van der Waals surface area contributed by atoms with Crippen molar-refractivity contribution in [2.75, 3.05) is 7.15 Å². The van der Waals surface area contributed by atoms with E-state index in [1.807, 2.05) is 48.5 Å². The van der Waals surface area contributed by atoms with Crippen molar-refractivity contribution >= 4 is 82.9 Å². The van der Waals surface area contributed by atoms with Crippen LogP contribution in [0.5, 0.6) is 23.0 Å². The first-order valence-electron chi connectivity index (χ1n) is 12.7. The molecule has 4 aromatic carbocycles. The monoisotopic (exact) mass is 881 g/mol. The van der Waals surface area contributed by atoms with Crippen LogP contribution in [0.2, 0.25) is 10.0 Å². The molecule has 4 aromatic rings. The molecular formula is C32H32Br3Cl2F2NaO6. The van der Waals surface area contributed by atoms with Gasteiger partial charge in [-0.2, -0.15) is 0 Å². The van der Waals surface area contributed by atoms with E-state index in [9.17, 15) is 9.18 Å². The minimum Gasteiger partial charge on any atom is -0.550 e. The fourth-order valence-corrected chi connectivity index (χ4v) is 4.74. The van der Waals surface area contributed by atoms with Crippen LogP contribution in [-0.2, 0) is 26.3 Å². The number of esters is 1. The van der Waals surface area contributed by atoms with E-state index in [1.165, 1.54) is 6.92 Å². The van der Waals surface area contributed by atoms with E-state index < -0.39 is 13.1 Å². The second-order valence-corrected chi connectivity index (χ2v) is 11.2. The average molecular weight is 885 g/mol. The molecule has 0 aliphatic heterocycles. The van der Waals surface area contributed by atoms with Gasteiger partial charge in [0.05, 0.1) is 8.52 Å². The number of hydrogen-bond acceptors (Lipinski definition) is 6. The van der Waals surface area contributed by atoms with E-state index in [0.717, 1.165) is 43.8 Å². The van der Waals surface area contributed by atoms with Crippen LogP contribution in [-0.4, -0.2) is 19.1 Å². The topological polar surface area (TPSA) is 84.9 Å². The molecule has 246 valence electrons. The first-order chi connectivity index (χ1) is 20.9. The number of aliphatic carboxylic acids is 1. The molecule has 0 aromatic heterocycles. The normalized spacial score (nSPS) is 9.17. The Kier molecular flexibility index (Phi) is 27.5. The molecule has 0 heterocycles. The molecule has 0 bridgehead atoms. The largest absolute Gasteiger partial charge is 1.00 e. The molecule has 6 nitrogen and oxygen atoms in total. The summed E-state index contributed by atoms with van der Waals surface area (Å²) in [5, 5.41) is 11.0. The van der Waals surface area contributed by atoms with Crippen molar-refractivity contribution in [1.82, 2.24) is 0 Å². The van der Waals surface area contributed by atoms with Gasteiger partial charge < -0.3 is 24.1 Å². The number of carboxylic acid groups (broad SMARTS) is 1. The fourth-order valence-electron chi connectivity index (χ4n) is 2.90. The second-order valence-electron chi connectivity index (χ2n) is 8.02. The van der Waals surface area contributed by atoms with Crippen LogP contribution in [0.4, 0.5) is 9.09 Å². The van der Waals surface area contributed by atoms with Crippen LogP contribution in [0.3, 0.4) is 0 Å². The molecule has 46 heavy (non-hydrogen) atoms. The first kappa shape index (κ1) is 46.4. The molecule has 0 N–H and O–H groups in total. The van der Waals surface area contributed by atoms with Crippen LogP contribution in [0.1, 0.15) is 33.8 Å². The van der Waals surface area contributed by atoms with Crippen molar-refractivity contribution in [3.05, 3.63) is 115 Å². The Bertz CT molecular complexity index is 1470. The number of carbonyl (C=O) groups is 2. The zero-order valence-corrected chi connectivity index (χ0v) is 32.6. The molecular weight excluding hydrogens is 852 g/mol. The summed E-state index contributed by atoms with van der Waals surface area (Å²) in [6, 6.07) is 25.8. The number of rotatable bonds is 7. The summed E-state index contributed by atoms with van der Waals surface area (Å²) in [5.74, 6) is 1.54. The molecule has 0 saturated heterocycles. The SMILES string of the molecule is C.CC(=O)OCc1cc(Oc2ccc(Cl)cc2)ccc1Br.CC(=O)[O-].Clc1ccc(Oc2ccc(Br)c(CBr)c2)cc1.F.[2H]CF.[Na+]. The molecule has 0 spiro atoms. The smallest absolute Gasteiger partial charge is 0.550 e. The van der Waals surface area contributed by atoms with Crippen molar-refractivity contribution in [1.29, 1.82) is 0 Å². The number of benzene rings is 4. The Balaban J connectivity index is -0.000000657. The van der Waals surface area contributed by atoms with Gasteiger partial charge in [0.25, 0.3) is 0 Å². The zero-order valence-electron chi connectivity index (χ0n) is 25.3. The fraction of sp³-hybridized carbons (Fsp3) is 0.188. The number of carbonyl (C=O) groups excluding carboxylic acids is 2. The minimum absolute atomic E-state index is 0. The maximum atomic E-state index is 10.9. The number of hydrogen-bond donors (Lipinski definition) is 0. The van der Waals surface area contributed by atoms with E-state index in [4.69, 9.17) is 48.7 Å². The third-order valence-corrected chi connectivity index (χ3v) is 7.36. The Hall–Kier alpha value is -1.70. The molecule has 14 heteroatoms. The molecule has 4 rings (SSSR count). The predicted molar refractivity (Wildman–Crippen MR) is 186 cm³/mol. The summed E-state index contributed by atoms with van der Waals surface area (Å²) in [5.41, 5.74) is 1.99. The van der Waals surface area contributed by atoms with Crippen LogP contribution < -0.4 is 44.1 Å². The number of carboxylic acids is 1. The van der Waals surface area contributed by atoms with Crippen molar-refractivity contribution < 1.29 is 68.9 Å². The van der Waals surface area contributed by atoms with Gasteiger partial charge in [0, 0.05) is 42.8 Å². The van der Waals surface area contributed by atoms with Gasteiger partial charge in [-0.15, -0.1) is 0 Å². The maximum absolute atomic E-state index is 10.9. The molecule has 0 saturated carbocycles. The summed E-state index contributed by atoms with van der Waals surface area (Å²) >= 11 is 22.0. The van der Waals surface area contributed by atoms with E-state index in [0.29, 0.717) is 21.5 Å². The van der Waals surface area contributed by atoms with Gasteiger partial charge in [-0.3, -0.25) is 13.9 Å². The van der Waals surface area contributed by atoms with Crippen molar-refractivity contribution in [2.24, 2.45) is 0 Å². The summed E-state index contributed by atoms with van der Waals surface area (Å²) in [7, 11) is -1.00. The van der Waals surface area contributed by atoms with E-state index in [2.05, 4.69) is 47.8 Å². The number of halogens is 7. The van der Waals surface area contributed by atoms with E-state index >= 15 is 0 Å². The molecule has 0 radical (unpaired) electrons. The molecule has 0 unspecified atom stereocenters. The molecule has 0 atom stereocenters. The Morgan fingerprint density at radius 1 is 0.783 bits per heavy atom. The minimum atomic E-state index is -1.08. The third kappa shape index (κ3) is 20.5. The Morgan fingerprint density at radius 2 is 1.11 bits per heavy atom. The number of alkyl halides is 2. The van der Waals surface area contributed by atoms with Crippen LogP contribution >= 0.6 is 71.0 Å². The van der Waals surface area contributed by atoms with Gasteiger partial charge in [0.15, 0.2) is 0 Å². The first-order valence-corrected chi connectivity index (χ1v) is 15.5. The second kappa shape index (κ2) is 27.3. The zero-order chi connectivity index (χ0) is 33.1. The number of ether oxygens (including phenoxy) is 3. The molecule has 0 aliphatic carbocycles. The van der Waals surface area contributed by atoms with Gasteiger partial charge in [0.1, 0.15) is 29.6 Å². The summed E-state index contributed by atoms with van der Waals surface area (Å²) in [6.45, 7) is 2.55. The van der Waals surface area contributed by atoms with Gasteiger partial charge in [0.2, 0.25) is 0 Å². The summed E-state index contributed by atoms with van der Waals surface area (Å²) in [4.78, 5) is 19.7. The molecule has 0 aliphatic rings. The maximum Gasteiger partial charge on any atom is 1.00 e. The van der Waals surface area contributed by atoms with Crippen molar-refractivity contribution in [3.8, 4) is 23.0 Å². The van der Waals surface area contributed by atoms with Gasteiger partial charge in [-0.1, -0.05) is 78.4 Å². The third-order valence-electron chi connectivity index (χ3n) is 4.71. The van der Waals surface area contributed by atoms with Crippen LogP contribution in [0, 0.1) is 0 Å². The Morgan fingerprint density at radius 3 is 1.46 bits per heavy atom. The van der Waals surface area contributed by atoms with Crippen LogP contribution in [0.15, 0.2) is 93.9 Å². The molecule has 0 fully saturated rings. The van der Waals surface area contributed by atoms with Crippen molar-refractivity contribution in [2.45, 2.75) is 33.2 Å². The Labute approximate surface area is 327 Å². The van der Waals surface area contributed by atoms with Gasteiger partial charge >= 0.3 is 35.5 Å². The average Bonchev–Trinajstić information content (AvgIpc) is 2.97. The quantitative estimate of drug-likeness (QED) is 0.107. The van der Waals surface area contributed by atoms with Gasteiger partial charge in [-0.25, -0.2) is 0 Å². The van der Waals surface area contributed by atoms with Crippen molar-refractivity contribution in [3.63, 3.8) is 0 Å². The molecule has 0 amide bonds. The summed E-state index contributed by atoms with van der Waals surface area (Å²) < 4.78 is 33.9. The van der Waals surface area contributed by atoms with Gasteiger partial charge in [-0.05, 0) is 97.4 Å².